The van der Waals surface area contributed by atoms with Crippen molar-refractivity contribution in [2.75, 3.05) is 0 Å². The average Bonchev–Trinajstić information content (AvgIpc) is 2.53. The Morgan fingerprint density at radius 3 is 2.62 bits per heavy atom. The number of aryl methyl sites for hydroxylation is 1. The van der Waals surface area contributed by atoms with Crippen LogP contribution in [0.4, 0.5) is 0 Å². The van der Waals surface area contributed by atoms with Gasteiger partial charge in [0.1, 0.15) is 5.69 Å². The van der Waals surface area contributed by atoms with E-state index in [1.165, 1.54) is 38.5 Å². The van der Waals surface area contributed by atoms with E-state index < -0.39 is 0 Å². The first-order valence-corrected chi connectivity index (χ1v) is 6.15. The number of aromatic nitrogens is 3. The molecule has 0 spiro atoms. The first-order chi connectivity index (χ1) is 7.77. The van der Waals surface area contributed by atoms with Gasteiger partial charge in [0.25, 0.3) is 0 Å². The fourth-order valence-electron chi connectivity index (χ4n) is 2.48. The van der Waals surface area contributed by atoms with Crippen molar-refractivity contribution >= 4 is 5.78 Å². The molecule has 0 aliphatic heterocycles. The number of hydrogen-bond acceptors (Lipinski definition) is 3. The number of rotatable bonds is 3. The first kappa shape index (κ1) is 11.3. The molecule has 1 aliphatic rings. The smallest absolute Gasteiger partial charge is 0.182 e. The number of carbonyl (C=O) groups is 1. The molecule has 1 aromatic heterocycles. The maximum Gasteiger partial charge on any atom is 0.182 e. The van der Waals surface area contributed by atoms with Crippen LogP contribution in [0, 0.1) is 5.92 Å². The highest BCUT2D eigenvalue weighted by molar-refractivity contribution is 5.94. The van der Waals surface area contributed by atoms with Crippen molar-refractivity contribution in [3.63, 3.8) is 0 Å². The van der Waals surface area contributed by atoms with E-state index in [-0.39, 0.29) is 5.78 Å². The maximum atomic E-state index is 12.0. The van der Waals surface area contributed by atoms with Crippen LogP contribution >= 0.6 is 0 Å². The fourth-order valence-corrected chi connectivity index (χ4v) is 2.48. The standard InChI is InChI=1S/C12H19N3O/c1-15-11(9-13-14-15)12(16)8-10-6-4-2-3-5-7-10/h9-10H,2-8H2,1H3. The third-order valence-corrected chi connectivity index (χ3v) is 3.45. The van der Waals surface area contributed by atoms with Crippen LogP contribution in [-0.4, -0.2) is 20.8 Å². The number of Topliss-reactive ketones (excluding diaryl/α,β-unsaturated/α-hetero) is 1. The lowest BCUT2D eigenvalue weighted by molar-refractivity contribution is 0.0947. The van der Waals surface area contributed by atoms with Crippen molar-refractivity contribution in [3.05, 3.63) is 11.9 Å². The second-order valence-corrected chi connectivity index (χ2v) is 4.73. The van der Waals surface area contributed by atoms with Gasteiger partial charge in [0.05, 0.1) is 6.20 Å². The monoisotopic (exact) mass is 221 g/mol. The van der Waals surface area contributed by atoms with Crippen molar-refractivity contribution < 1.29 is 4.79 Å². The predicted octanol–water partition coefficient (Wildman–Crippen LogP) is 2.36. The van der Waals surface area contributed by atoms with Gasteiger partial charge in [0, 0.05) is 13.5 Å². The van der Waals surface area contributed by atoms with Gasteiger partial charge in [0.15, 0.2) is 5.78 Å². The fraction of sp³-hybridized carbons (Fsp3) is 0.750. The van der Waals surface area contributed by atoms with E-state index in [1.54, 1.807) is 17.9 Å². The highest BCUT2D eigenvalue weighted by Crippen LogP contribution is 2.26. The largest absolute Gasteiger partial charge is 0.292 e. The molecule has 0 N–H and O–H groups in total. The quantitative estimate of drug-likeness (QED) is 0.581. The second-order valence-electron chi connectivity index (χ2n) is 4.73. The van der Waals surface area contributed by atoms with Gasteiger partial charge in [-0.05, 0) is 5.92 Å². The van der Waals surface area contributed by atoms with Crippen LogP contribution in [-0.2, 0) is 7.05 Å². The molecule has 1 aromatic rings. The van der Waals surface area contributed by atoms with E-state index in [9.17, 15) is 4.79 Å². The summed E-state index contributed by atoms with van der Waals surface area (Å²) in [5, 5.41) is 7.54. The van der Waals surface area contributed by atoms with Crippen molar-refractivity contribution in [1.29, 1.82) is 0 Å². The molecule has 2 rings (SSSR count). The minimum Gasteiger partial charge on any atom is -0.292 e. The van der Waals surface area contributed by atoms with Crippen LogP contribution in [0.3, 0.4) is 0 Å². The summed E-state index contributed by atoms with van der Waals surface area (Å²) in [6, 6.07) is 0. The zero-order valence-electron chi connectivity index (χ0n) is 9.85. The molecule has 0 radical (unpaired) electrons. The SMILES string of the molecule is Cn1nncc1C(=O)CC1CCCCCC1. The van der Waals surface area contributed by atoms with Crippen LogP contribution in [0.5, 0.6) is 0 Å². The van der Waals surface area contributed by atoms with Crippen LogP contribution in [0.15, 0.2) is 6.20 Å². The molecule has 88 valence electrons. The normalized spacial score (nSPS) is 18.3. The van der Waals surface area contributed by atoms with Crippen molar-refractivity contribution in [3.8, 4) is 0 Å². The van der Waals surface area contributed by atoms with Gasteiger partial charge in [-0.2, -0.15) is 0 Å². The van der Waals surface area contributed by atoms with Crippen molar-refractivity contribution in [2.24, 2.45) is 13.0 Å². The molecular formula is C12H19N3O. The zero-order chi connectivity index (χ0) is 11.4. The molecule has 0 amide bonds. The van der Waals surface area contributed by atoms with Gasteiger partial charge in [-0.25, -0.2) is 4.68 Å². The summed E-state index contributed by atoms with van der Waals surface area (Å²) in [5.74, 6) is 0.768. The molecule has 4 heteroatoms. The molecule has 0 saturated heterocycles. The molecule has 0 atom stereocenters. The Balaban J connectivity index is 1.93. The molecule has 1 saturated carbocycles. The third-order valence-electron chi connectivity index (χ3n) is 3.45. The van der Waals surface area contributed by atoms with E-state index in [4.69, 9.17) is 0 Å². The number of hydrogen-bond donors (Lipinski definition) is 0. The third kappa shape index (κ3) is 2.68. The maximum absolute atomic E-state index is 12.0. The topological polar surface area (TPSA) is 47.8 Å². The highest BCUT2D eigenvalue weighted by atomic mass is 16.1. The van der Waals surface area contributed by atoms with E-state index >= 15 is 0 Å². The lowest BCUT2D eigenvalue weighted by Gasteiger charge is -2.12. The zero-order valence-corrected chi connectivity index (χ0v) is 9.85. The van der Waals surface area contributed by atoms with Crippen LogP contribution in [0.1, 0.15) is 55.4 Å². The molecular weight excluding hydrogens is 202 g/mol. The van der Waals surface area contributed by atoms with E-state index in [2.05, 4.69) is 10.3 Å². The molecule has 16 heavy (non-hydrogen) atoms. The Morgan fingerprint density at radius 1 is 1.38 bits per heavy atom. The molecule has 1 heterocycles. The van der Waals surface area contributed by atoms with Gasteiger partial charge < -0.3 is 0 Å². The molecule has 1 fully saturated rings. The highest BCUT2D eigenvalue weighted by Gasteiger charge is 2.19. The van der Waals surface area contributed by atoms with Crippen LogP contribution < -0.4 is 0 Å². The molecule has 0 aromatic carbocycles. The number of ketones is 1. The van der Waals surface area contributed by atoms with Gasteiger partial charge in [0.2, 0.25) is 0 Å². The van der Waals surface area contributed by atoms with Gasteiger partial charge in [-0.15, -0.1) is 5.10 Å². The Kier molecular flexibility index (Phi) is 3.70. The van der Waals surface area contributed by atoms with Crippen LogP contribution in [0.25, 0.3) is 0 Å². The van der Waals surface area contributed by atoms with Gasteiger partial charge in [-0.3, -0.25) is 4.79 Å². The second kappa shape index (κ2) is 5.23. The van der Waals surface area contributed by atoms with Crippen molar-refractivity contribution in [2.45, 2.75) is 44.9 Å². The Labute approximate surface area is 96.0 Å². The minimum absolute atomic E-state index is 0.194. The number of carbonyl (C=O) groups excluding carboxylic acids is 1. The molecule has 0 unspecified atom stereocenters. The Hall–Kier alpha value is -1.19. The minimum atomic E-state index is 0.194. The van der Waals surface area contributed by atoms with E-state index in [1.807, 2.05) is 0 Å². The molecule has 0 bridgehead atoms. The summed E-state index contributed by atoms with van der Waals surface area (Å²) in [4.78, 5) is 12.0. The summed E-state index contributed by atoms with van der Waals surface area (Å²) in [6.45, 7) is 0. The average molecular weight is 221 g/mol. The van der Waals surface area contributed by atoms with Gasteiger partial charge >= 0.3 is 0 Å². The number of nitrogens with zero attached hydrogens (tertiary/aromatic N) is 3. The van der Waals surface area contributed by atoms with E-state index in [0.717, 1.165) is 0 Å². The lowest BCUT2D eigenvalue weighted by atomic mass is 9.93. The van der Waals surface area contributed by atoms with Gasteiger partial charge in [-0.1, -0.05) is 43.7 Å². The molecule has 1 aliphatic carbocycles. The summed E-state index contributed by atoms with van der Waals surface area (Å²) in [5.41, 5.74) is 0.643. The Morgan fingerprint density at radius 2 is 2.06 bits per heavy atom. The van der Waals surface area contributed by atoms with E-state index in [0.29, 0.717) is 18.0 Å². The predicted molar refractivity (Wildman–Crippen MR) is 61.1 cm³/mol. The van der Waals surface area contributed by atoms with Crippen LogP contribution in [0.2, 0.25) is 0 Å². The first-order valence-electron chi connectivity index (χ1n) is 6.15. The Bertz CT molecular complexity index is 351. The van der Waals surface area contributed by atoms with Crippen molar-refractivity contribution in [1.82, 2.24) is 15.0 Å². The summed E-state index contributed by atoms with van der Waals surface area (Å²) in [6.07, 6.45) is 9.87. The summed E-state index contributed by atoms with van der Waals surface area (Å²) >= 11 is 0. The summed E-state index contributed by atoms with van der Waals surface area (Å²) in [7, 11) is 1.77. The lowest BCUT2D eigenvalue weighted by Crippen LogP contribution is -2.12. The summed E-state index contributed by atoms with van der Waals surface area (Å²) < 4.78 is 1.57. The molecule has 4 nitrogen and oxygen atoms in total.